The molecule has 0 spiro atoms. The quantitative estimate of drug-likeness (QED) is 0.0173. The van der Waals surface area contributed by atoms with Gasteiger partial charge in [-0.25, -0.2) is 13.0 Å². The molecule has 38 heteroatoms. The molecule has 0 amide bonds. The van der Waals surface area contributed by atoms with Crippen molar-refractivity contribution in [3.05, 3.63) is 304 Å². The number of rotatable bonds is 32. The van der Waals surface area contributed by atoms with Crippen LogP contribution in [0.1, 0.15) is 155 Å². The van der Waals surface area contributed by atoms with E-state index in [1.165, 1.54) is 66.7 Å². The Morgan fingerprint density at radius 3 is 0.986 bits per heavy atom. The highest BCUT2D eigenvalue weighted by atomic mass is 36.0. The van der Waals surface area contributed by atoms with Crippen molar-refractivity contribution in [2.75, 3.05) is 32.2 Å². The Bertz CT molecular complexity index is 6370. The van der Waals surface area contributed by atoms with Crippen molar-refractivity contribution in [1.29, 1.82) is 0 Å². The fraction of sp³-hybridized carbons (Fsp3) is 0.352. The number of hydrogen-bond donors (Lipinski definition) is 4. The zero-order valence-electron chi connectivity index (χ0n) is 76.0. The number of nitrogen functional groups attached to an aromatic ring is 1. The molecule has 8 aliphatic rings. The van der Waals surface area contributed by atoms with Gasteiger partial charge in [0.05, 0.1) is 117 Å². The number of hydrogen-bond acceptors (Lipinski definition) is 20. The van der Waals surface area contributed by atoms with Crippen LogP contribution in [0, 0.1) is 11.6 Å². The molecule has 2 aromatic heterocycles. The van der Waals surface area contributed by atoms with Gasteiger partial charge in [0.25, 0.3) is 0 Å². The highest BCUT2D eigenvalue weighted by Gasteiger charge is 2.57. The van der Waals surface area contributed by atoms with Crippen LogP contribution in [0.15, 0.2) is 231 Å². The van der Waals surface area contributed by atoms with Crippen LogP contribution in [0.2, 0.25) is 0 Å². The topological polar surface area (TPSA) is 293 Å². The number of anilines is 1. The van der Waals surface area contributed by atoms with Gasteiger partial charge in [-0.2, -0.15) is 0 Å². The number of ketones is 1. The first-order valence-corrected chi connectivity index (χ1v) is 48.1. The van der Waals surface area contributed by atoms with Gasteiger partial charge < -0.3 is 87.0 Å². The summed E-state index contributed by atoms with van der Waals surface area (Å²) in [6.45, 7) is 11.4. The van der Waals surface area contributed by atoms with E-state index in [1.54, 1.807) is 30.3 Å². The molecule has 0 unspecified atom stereocenters. The molecular formula is C105H103Cl4F10N3O20S. The van der Waals surface area contributed by atoms with Crippen molar-refractivity contribution in [3.8, 4) is 46.0 Å². The van der Waals surface area contributed by atoms with Gasteiger partial charge in [-0.05, 0) is 204 Å². The number of benzene rings is 10. The lowest BCUT2D eigenvalue weighted by Gasteiger charge is -2.28. The summed E-state index contributed by atoms with van der Waals surface area (Å²) in [7, 11) is 7.36. The lowest BCUT2D eigenvalue weighted by Crippen LogP contribution is -2.30. The number of nitrogens with zero attached hydrogens (tertiary/aromatic N) is 2. The number of aromatic nitrogens is 2. The van der Waals surface area contributed by atoms with E-state index in [0.717, 1.165) is 44.4 Å². The highest BCUT2D eigenvalue weighted by molar-refractivity contribution is 8.26. The van der Waals surface area contributed by atoms with Gasteiger partial charge in [-0.3, -0.25) is 19.2 Å². The number of carbonyl (C=O) groups excluding carboxylic acids is 3. The summed E-state index contributed by atoms with van der Waals surface area (Å²) in [5.41, 5.74) is 11.4. The van der Waals surface area contributed by atoms with Crippen LogP contribution in [0.25, 0.3) is 21.8 Å². The standard InChI is InChI=1S/C41H40F3NO6.C29H33FN2O3.2C11H7ClF2O3.C11H8F2O4.2CH4.Cl2OS/c1-39(2,26-49-24-28-11-7-4-8-12-28)37-18-30-17-29(19-38(47)40(15-16-40)31-13-14-35-36(20-31)51-41(43,44)50-35)33(42)21-34(30)45(37)22-32(46)25-48-23-27-9-5-3-6-10-27;1-29(2,20-35-18-22-11-7-4-8-12-22)28-14-23-13-26(31)25(30)15-27(23)32(28)16-24(33)19-34-17-21-9-5-3-6-10-21;2*12-9(15)10(3-4-10)6-1-2-7-8(5-6)17-11(13,14)16-7;12-11(13)16-7-2-1-6(5-8(7)17-11)10(3-4-10)9(14)15;;;1-4(2)3/h3-14,17-18,20-21,32,46H,15-16,19,22-26H2,1-2H3;3-15,24,33H,16-20,31H2,1-2H3;2*1-2,5H,3-4H2;1-2,5H,3-4H2,(H,14,15);2*1H4;/t32-;24-;;;;;;/m11....../s1. The van der Waals surface area contributed by atoms with Crippen LogP contribution in [-0.4, -0.2) is 115 Å². The Balaban J connectivity index is 0.000000160. The summed E-state index contributed by atoms with van der Waals surface area (Å²) in [5.74, 6) is -2.74. The largest absolute Gasteiger partial charge is 0.586 e. The second-order valence-corrected chi connectivity index (χ2v) is 39.7. The smallest absolute Gasteiger partial charge is 0.481 e. The Labute approximate surface area is 838 Å². The summed E-state index contributed by atoms with van der Waals surface area (Å²) in [4.78, 5) is 47.5. The number of alkyl halides is 8. The van der Waals surface area contributed by atoms with Crippen LogP contribution >= 0.6 is 44.6 Å². The summed E-state index contributed by atoms with van der Waals surface area (Å²) in [6.07, 6.45) is -11.9. The van der Waals surface area contributed by atoms with Gasteiger partial charge in [0, 0.05) is 66.8 Å². The molecule has 0 saturated heterocycles. The van der Waals surface area contributed by atoms with Crippen LogP contribution < -0.4 is 43.6 Å². The molecular weight excluding hydrogens is 1990 g/mol. The molecule has 2 atom stereocenters. The number of fused-ring (bicyclic) bond motifs is 6. The molecule has 4 fully saturated rings. The average molecular weight is 2090 g/mol. The molecule has 0 radical (unpaired) electrons. The second kappa shape index (κ2) is 44.1. The van der Waals surface area contributed by atoms with Crippen molar-refractivity contribution in [2.24, 2.45) is 0 Å². The van der Waals surface area contributed by atoms with Gasteiger partial charge in [0.15, 0.2) is 46.0 Å². The van der Waals surface area contributed by atoms with Crippen molar-refractivity contribution in [3.63, 3.8) is 0 Å². The van der Waals surface area contributed by atoms with Crippen molar-refractivity contribution in [1.82, 2.24) is 9.13 Å². The molecule has 10 aromatic carbocycles. The molecule has 143 heavy (non-hydrogen) atoms. The molecule has 23 nitrogen and oxygen atoms in total. The van der Waals surface area contributed by atoms with E-state index in [4.69, 9.17) is 57.2 Å². The Morgan fingerprint density at radius 1 is 0.406 bits per heavy atom. The first-order chi connectivity index (χ1) is 66.8. The number of aliphatic carboxylic acids is 1. The van der Waals surface area contributed by atoms with E-state index in [1.807, 2.05) is 156 Å². The summed E-state index contributed by atoms with van der Waals surface area (Å²) >= 11 is 11.0. The number of Topliss-reactive ketones (excluding diaryl/α,β-unsaturated/α-hetero) is 1. The summed E-state index contributed by atoms with van der Waals surface area (Å²) in [5, 5.41) is 31.6. The Kier molecular flexibility index (Phi) is 33.5. The number of aliphatic hydroxyl groups excluding tert-OH is 2. The van der Waals surface area contributed by atoms with Crippen LogP contribution in [-0.2, 0) is 126 Å². The number of aliphatic hydroxyl groups is 2. The Morgan fingerprint density at radius 2 is 0.685 bits per heavy atom. The number of halogens is 14. The van der Waals surface area contributed by atoms with E-state index in [-0.39, 0.29) is 111 Å². The zero-order valence-corrected chi connectivity index (χ0v) is 79.8. The number of carbonyl (C=O) groups is 4. The monoisotopic (exact) mass is 2090 g/mol. The van der Waals surface area contributed by atoms with E-state index < -0.39 is 107 Å². The van der Waals surface area contributed by atoms with Crippen LogP contribution in [0.4, 0.5) is 49.6 Å². The SMILES string of the molecule is C.C.CC(C)(COCc1ccccc1)c1cc2cc(CC(=O)C3(c4ccc5c(c4)OC(F)(F)O5)CC3)c(F)cc2n1C[C@@H](O)COCc1ccccc1.CC(C)(COCc1ccccc1)c1cc2cc(N)c(F)cc2n1C[C@@H](O)COCc1ccccc1.O=C(Cl)C1(c2ccc3c(c2)OC(F)(F)O3)CC1.O=C(Cl)C1(c2ccc3c(c2)OC(F)(F)O3)CC1.O=C(O)C1(c2ccc3c(c2)OC(F)(F)O3)CC1.O=S(Cl)Cl. The lowest BCUT2D eigenvalue weighted by atomic mass is 9.87. The summed E-state index contributed by atoms with van der Waals surface area (Å²) in [6, 6.07) is 66.7. The molecule has 4 aliphatic heterocycles. The molecule has 6 heterocycles. The van der Waals surface area contributed by atoms with Gasteiger partial charge in [-0.15, -0.1) is 35.1 Å². The predicted octanol–water partition coefficient (Wildman–Crippen LogP) is 23.5. The van der Waals surface area contributed by atoms with E-state index >= 15 is 4.39 Å². The maximum Gasteiger partial charge on any atom is 0.586 e. The van der Waals surface area contributed by atoms with Crippen molar-refractivity contribution >= 4 is 104 Å². The summed E-state index contributed by atoms with van der Waals surface area (Å²) < 4.78 is 206. The third-order valence-electron chi connectivity index (χ3n) is 25.1. The maximum atomic E-state index is 16.0. The fourth-order valence-electron chi connectivity index (χ4n) is 17.1. The number of carboxylic acid groups (broad SMARTS) is 1. The third-order valence-corrected chi connectivity index (χ3v) is 25.8. The molecule has 5 N–H and O–H groups in total. The average Bonchev–Trinajstić information content (AvgIpc) is 1.57. The maximum absolute atomic E-state index is 16.0. The minimum absolute atomic E-state index is 0. The van der Waals surface area contributed by atoms with E-state index in [0.29, 0.717) is 124 Å². The van der Waals surface area contributed by atoms with E-state index in [9.17, 15) is 68.9 Å². The van der Waals surface area contributed by atoms with Crippen LogP contribution in [0.3, 0.4) is 0 Å². The van der Waals surface area contributed by atoms with Crippen LogP contribution in [0.5, 0.6) is 46.0 Å². The molecule has 20 rings (SSSR count). The number of carboxylic acids is 1. The third kappa shape index (κ3) is 26.2. The highest BCUT2D eigenvalue weighted by Crippen LogP contribution is 2.57. The normalized spacial score (nSPS) is 17.2. The van der Waals surface area contributed by atoms with Crippen molar-refractivity contribution in [2.45, 2.75) is 210 Å². The zero-order chi connectivity index (χ0) is 101. The minimum Gasteiger partial charge on any atom is -0.481 e. The predicted molar refractivity (Wildman–Crippen MR) is 516 cm³/mol. The first kappa shape index (κ1) is 109. The minimum atomic E-state index is -3.76. The van der Waals surface area contributed by atoms with Gasteiger partial charge in [0.2, 0.25) is 19.7 Å². The fourth-order valence-corrected chi connectivity index (χ4v) is 17.7. The Hall–Kier alpha value is -11.7. The van der Waals surface area contributed by atoms with Crippen molar-refractivity contribution < 1.29 is 139 Å². The molecule has 12 aromatic rings. The van der Waals surface area contributed by atoms with E-state index in [2.05, 4.69) is 73.1 Å². The second-order valence-electron chi connectivity index (χ2n) is 36.5. The number of ether oxygens (including phenoxy) is 12. The molecule has 762 valence electrons. The molecule has 0 bridgehead atoms. The van der Waals surface area contributed by atoms with Gasteiger partial charge in [-0.1, -0.05) is 188 Å². The van der Waals surface area contributed by atoms with Gasteiger partial charge >= 0.3 is 31.1 Å². The first-order valence-electron chi connectivity index (χ1n) is 44.5. The van der Waals surface area contributed by atoms with Gasteiger partial charge in [0.1, 0.15) is 17.4 Å². The molecule has 4 saturated carbocycles. The number of nitrogens with two attached hydrogens (primary N) is 1. The molecule has 4 aliphatic carbocycles. The lowest BCUT2D eigenvalue weighted by molar-refractivity contribution is -0.287.